The van der Waals surface area contributed by atoms with Crippen LogP contribution in [0.2, 0.25) is 0 Å². The van der Waals surface area contributed by atoms with E-state index in [4.69, 9.17) is 9.15 Å². The van der Waals surface area contributed by atoms with Crippen molar-refractivity contribution in [3.05, 3.63) is 99.5 Å². The summed E-state index contributed by atoms with van der Waals surface area (Å²) in [5, 5.41) is 13.4. The van der Waals surface area contributed by atoms with Crippen LogP contribution in [-0.4, -0.2) is 53.2 Å². The van der Waals surface area contributed by atoms with E-state index in [1.807, 2.05) is 24.3 Å². The molecule has 4 aromatic rings. The zero-order valence-corrected chi connectivity index (χ0v) is 23.0. The molecule has 9 nitrogen and oxygen atoms in total. The van der Waals surface area contributed by atoms with Crippen molar-refractivity contribution in [1.82, 2.24) is 14.8 Å². The molecule has 0 bridgehead atoms. The summed E-state index contributed by atoms with van der Waals surface area (Å²) in [4.78, 5) is 41.1. The van der Waals surface area contributed by atoms with Gasteiger partial charge in [-0.25, -0.2) is 9.59 Å². The van der Waals surface area contributed by atoms with Gasteiger partial charge in [0.25, 0.3) is 0 Å². The number of hydrogen-bond donors (Lipinski definition) is 2. The van der Waals surface area contributed by atoms with E-state index >= 15 is 0 Å². The number of ether oxygens (including phenoxy) is 1. The van der Waals surface area contributed by atoms with E-state index in [2.05, 4.69) is 10.2 Å². The minimum absolute atomic E-state index is 0.0624. The maximum atomic E-state index is 13.9. The van der Waals surface area contributed by atoms with Crippen molar-refractivity contribution in [3.63, 3.8) is 0 Å². The number of oxazole rings is 1. The lowest BCUT2D eigenvalue weighted by Crippen LogP contribution is -2.41. The predicted molar refractivity (Wildman–Crippen MR) is 153 cm³/mol. The molecule has 9 heteroatoms. The normalized spacial score (nSPS) is 16.9. The van der Waals surface area contributed by atoms with Crippen molar-refractivity contribution in [2.45, 2.75) is 43.7 Å². The smallest absolute Gasteiger partial charge is 0.420 e. The van der Waals surface area contributed by atoms with Crippen molar-refractivity contribution < 1.29 is 23.8 Å². The Hall–Kier alpha value is -4.37. The monoisotopic (exact) mass is 555 g/mol. The van der Waals surface area contributed by atoms with Crippen LogP contribution in [0.1, 0.15) is 58.8 Å². The molecule has 2 heterocycles. The Labute approximate surface area is 237 Å². The third kappa shape index (κ3) is 5.37. The first-order valence-corrected chi connectivity index (χ1v) is 14.0. The fourth-order valence-corrected chi connectivity index (χ4v) is 5.87. The lowest BCUT2D eigenvalue weighted by molar-refractivity contribution is -0.124. The average molecular weight is 556 g/mol. The average Bonchev–Trinajstić information content (AvgIpc) is 3.53. The number of phenols is 1. The highest BCUT2D eigenvalue weighted by molar-refractivity contribution is 5.93. The van der Waals surface area contributed by atoms with Crippen molar-refractivity contribution in [3.8, 4) is 5.75 Å². The number of methoxy groups -OCH3 is 1. The molecule has 1 amide bonds. The molecular weight excluding hydrogens is 522 g/mol. The molecule has 1 aliphatic heterocycles. The van der Waals surface area contributed by atoms with E-state index < -0.39 is 17.1 Å². The highest BCUT2D eigenvalue weighted by atomic mass is 16.5. The number of aromatic nitrogens is 1. The van der Waals surface area contributed by atoms with Crippen LogP contribution in [-0.2, 0) is 21.5 Å². The van der Waals surface area contributed by atoms with Crippen LogP contribution < -0.4 is 11.1 Å². The fourth-order valence-electron chi connectivity index (χ4n) is 5.87. The summed E-state index contributed by atoms with van der Waals surface area (Å²) in [5.41, 5.74) is 3.18. The lowest BCUT2D eigenvalue weighted by Gasteiger charge is -2.27. The van der Waals surface area contributed by atoms with Gasteiger partial charge in [0.15, 0.2) is 5.58 Å². The molecule has 3 aromatic carbocycles. The Morgan fingerprint density at radius 2 is 1.83 bits per heavy atom. The Bertz CT molecular complexity index is 1660. The SMILES string of the molecule is COC(=O)c1cccc(Cn2c(=O)oc3ccc(C4(C(=O)NC(CN5CCCC5)c5cccc(O)c5)CC4)cc32)c1. The molecule has 1 aromatic heterocycles. The van der Waals surface area contributed by atoms with E-state index in [1.54, 1.807) is 42.5 Å². The number of fused-ring (bicyclic) bond motifs is 1. The van der Waals surface area contributed by atoms with Crippen LogP contribution in [0, 0.1) is 0 Å². The Morgan fingerprint density at radius 3 is 2.56 bits per heavy atom. The topological polar surface area (TPSA) is 114 Å². The molecule has 1 atom stereocenters. The van der Waals surface area contributed by atoms with Gasteiger partial charge < -0.3 is 24.5 Å². The minimum Gasteiger partial charge on any atom is -0.508 e. The minimum atomic E-state index is -0.697. The maximum Gasteiger partial charge on any atom is 0.420 e. The van der Waals surface area contributed by atoms with Crippen molar-refractivity contribution in [2.24, 2.45) is 0 Å². The fraction of sp³-hybridized carbons (Fsp3) is 0.344. The number of aromatic hydroxyl groups is 1. The number of nitrogens with one attached hydrogen (secondary N) is 1. The van der Waals surface area contributed by atoms with Gasteiger partial charge in [-0.1, -0.05) is 30.3 Å². The quantitative estimate of drug-likeness (QED) is 0.299. The summed E-state index contributed by atoms with van der Waals surface area (Å²) >= 11 is 0. The summed E-state index contributed by atoms with van der Waals surface area (Å²) in [7, 11) is 1.33. The molecule has 1 unspecified atom stereocenters. The van der Waals surface area contributed by atoms with Gasteiger partial charge in [0.1, 0.15) is 5.75 Å². The summed E-state index contributed by atoms with van der Waals surface area (Å²) in [6.07, 6.45) is 3.68. The molecule has 1 saturated heterocycles. The standard InChI is InChI=1S/C32H33N3O6/c1-40-29(37)23-8-4-6-21(16-23)19-35-27-18-24(10-11-28(27)41-31(35)39)32(12-13-32)30(38)33-26(20-34-14-2-3-15-34)22-7-5-9-25(36)17-22/h4-11,16-18,26,36H,2-3,12-15,19-20H2,1H3,(H,33,38). The number of likely N-dealkylation sites (tertiary alicyclic amines) is 1. The Kier molecular flexibility index (Phi) is 7.13. The first-order valence-electron chi connectivity index (χ1n) is 14.0. The van der Waals surface area contributed by atoms with E-state index in [9.17, 15) is 19.5 Å². The number of esters is 1. The molecule has 212 valence electrons. The predicted octanol–water partition coefficient (Wildman–Crippen LogP) is 4.12. The zero-order chi connectivity index (χ0) is 28.6. The summed E-state index contributed by atoms with van der Waals surface area (Å²) in [5.74, 6) is -0.851. The second-order valence-corrected chi connectivity index (χ2v) is 11.0. The zero-order valence-electron chi connectivity index (χ0n) is 23.0. The van der Waals surface area contributed by atoms with Gasteiger partial charge >= 0.3 is 11.7 Å². The van der Waals surface area contributed by atoms with Gasteiger partial charge in [-0.3, -0.25) is 9.36 Å². The van der Waals surface area contributed by atoms with Crippen LogP contribution in [0.25, 0.3) is 11.1 Å². The largest absolute Gasteiger partial charge is 0.508 e. The number of rotatable bonds is 9. The third-order valence-electron chi connectivity index (χ3n) is 8.31. The molecule has 2 aliphatic rings. The molecule has 1 saturated carbocycles. The molecule has 41 heavy (non-hydrogen) atoms. The lowest BCUT2D eigenvalue weighted by atomic mass is 9.93. The number of nitrogens with zero attached hydrogens (tertiary/aromatic N) is 2. The van der Waals surface area contributed by atoms with Crippen LogP contribution in [0.5, 0.6) is 5.75 Å². The van der Waals surface area contributed by atoms with Gasteiger partial charge in [0, 0.05) is 6.54 Å². The van der Waals surface area contributed by atoms with E-state index in [-0.39, 0.29) is 24.2 Å². The summed E-state index contributed by atoms with van der Waals surface area (Å²) < 4.78 is 11.9. The second kappa shape index (κ2) is 10.9. The molecule has 0 spiro atoms. The van der Waals surface area contributed by atoms with Gasteiger partial charge in [-0.05, 0) is 91.9 Å². The third-order valence-corrected chi connectivity index (χ3v) is 8.31. The van der Waals surface area contributed by atoms with E-state index in [0.29, 0.717) is 36.0 Å². The van der Waals surface area contributed by atoms with Crippen LogP contribution in [0.3, 0.4) is 0 Å². The highest BCUT2D eigenvalue weighted by Crippen LogP contribution is 2.49. The summed E-state index contributed by atoms with van der Waals surface area (Å²) in [6.45, 7) is 2.87. The number of hydrogen-bond acceptors (Lipinski definition) is 7. The maximum absolute atomic E-state index is 13.9. The molecule has 2 N–H and O–H groups in total. The van der Waals surface area contributed by atoms with Crippen molar-refractivity contribution in [2.75, 3.05) is 26.7 Å². The Morgan fingerprint density at radius 1 is 1.05 bits per heavy atom. The van der Waals surface area contributed by atoms with Crippen LogP contribution in [0.15, 0.2) is 75.9 Å². The second-order valence-electron chi connectivity index (χ2n) is 11.0. The number of benzene rings is 3. The Balaban J connectivity index is 1.28. The van der Waals surface area contributed by atoms with Crippen molar-refractivity contribution in [1.29, 1.82) is 0 Å². The number of phenolic OH excluding ortho intramolecular Hbond substituents is 1. The molecule has 6 rings (SSSR count). The van der Waals surface area contributed by atoms with Gasteiger partial charge in [0.05, 0.1) is 36.2 Å². The van der Waals surface area contributed by atoms with Crippen molar-refractivity contribution >= 4 is 23.0 Å². The highest BCUT2D eigenvalue weighted by Gasteiger charge is 2.52. The molecular formula is C32H33N3O6. The van der Waals surface area contributed by atoms with Crippen LogP contribution in [0.4, 0.5) is 0 Å². The number of carbonyl (C=O) groups is 2. The molecule has 2 fully saturated rings. The first kappa shape index (κ1) is 26.8. The molecule has 0 radical (unpaired) electrons. The molecule has 1 aliphatic carbocycles. The number of amides is 1. The summed E-state index contributed by atoms with van der Waals surface area (Å²) in [6, 6.07) is 19.2. The first-order chi connectivity index (χ1) is 19.9. The van der Waals surface area contributed by atoms with Gasteiger partial charge in [-0.2, -0.15) is 0 Å². The van der Waals surface area contributed by atoms with Crippen LogP contribution >= 0.6 is 0 Å². The van der Waals surface area contributed by atoms with Gasteiger partial charge in [0.2, 0.25) is 5.91 Å². The number of carbonyl (C=O) groups excluding carboxylic acids is 2. The van der Waals surface area contributed by atoms with E-state index in [0.717, 1.165) is 42.6 Å². The van der Waals surface area contributed by atoms with E-state index in [1.165, 1.54) is 11.7 Å². The van der Waals surface area contributed by atoms with Gasteiger partial charge in [-0.15, -0.1) is 0 Å².